The Hall–Kier alpha value is -3.35. The average molecular weight is 593 g/mol. The van der Waals surface area contributed by atoms with Gasteiger partial charge in [-0.2, -0.15) is 0 Å². The van der Waals surface area contributed by atoms with Gasteiger partial charge in [0.05, 0.1) is 23.8 Å². The minimum absolute atomic E-state index is 0.0158. The molecule has 0 unspecified atom stereocenters. The van der Waals surface area contributed by atoms with Gasteiger partial charge >= 0.3 is 0 Å². The largest absolute Gasteiger partial charge is 0.324 e. The van der Waals surface area contributed by atoms with Crippen LogP contribution in [0.1, 0.15) is 48.8 Å². The van der Waals surface area contributed by atoms with E-state index in [0.717, 1.165) is 18.3 Å². The number of halogens is 4. The number of aromatic nitrogens is 1. The zero-order valence-corrected chi connectivity index (χ0v) is 23.3. The Morgan fingerprint density at radius 3 is 2.34 bits per heavy atom. The number of anilines is 1. The van der Waals surface area contributed by atoms with Gasteiger partial charge in [0, 0.05) is 43.6 Å². The molecule has 2 heterocycles. The van der Waals surface area contributed by atoms with Gasteiger partial charge in [-0.25, -0.2) is 26.0 Å². The Bertz CT molecular complexity index is 1460. The van der Waals surface area contributed by atoms with Crippen LogP contribution < -0.4 is 16.0 Å². The van der Waals surface area contributed by atoms with Crippen molar-refractivity contribution in [2.45, 2.75) is 43.4 Å². The Balaban J connectivity index is 1.58. The minimum Gasteiger partial charge on any atom is -0.324 e. The second-order valence-corrected chi connectivity index (χ2v) is 12.5. The van der Waals surface area contributed by atoms with E-state index in [0.29, 0.717) is 31.1 Å². The van der Waals surface area contributed by atoms with E-state index in [1.165, 1.54) is 30.5 Å². The molecule has 0 radical (unpaired) electrons. The fraction of sp³-hybridized carbons (Fsp3) is 0.379. The maximum atomic E-state index is 15.0. The molecule has 3 aromatic rings. The molecule has 3 N–H and O–H groups in total. The SMILES string of the molecule is CCCS(=O)(=O)[C@@]1(CCc2c(F)cncc2NC(=O)C[C@@H](c2ccc(F)cc2)c2cc(F)cc(F)c2)CNCCN1. The predicted molar refractivity (Wildman–Crippen MR) is 148 cm³/mol. The number of nitrogens with zero attached hydrogens (tertiary/aromatic N) is 1. The summed E-state index contributed by atoms with van der Waals surface area (Å²) in [6, 6.07) is 8.11. The van der Waals surface area contributed by atoms with Crippen molar-refractivity contribution in [2.75, 3.05) is 30.7 Å². The number of amides is 1. The highest BCUT2D eigenvalue weighted by atomic mass is 32.2. The summed E-state index contributed by atoms with van der Waals surface area (Å²) in [5.74, 6) is -4.37. The Kier molecular flexibility index (Phi) is 9.77. The lowest BCUT2D eigenvalue weighted by Crippen LogP contribution is -2.64. The van der Waals surface area contributed by atoms with E-state index in [9.17, 15) is 26.4 Å². The van der Waals surface area contributed by atoms with E-state index in [-0.39, 0.29) is 48.4 Å². The lowest BCUT2D eigenvalue weighted by molar-refractivity contribution is -0.116. The van der Waals surface area contributed by atoms with Crippen LogP contribution in [0, 0.1) is 23.3 Å². The van der Waals surface area contributed by atoms with Crippen molar-refractivity contribution in [3.63, 3.8) is 0 Å². The monoisotopic (exact) mass is 592 g/mol. The van der Waals surface area contributed by atoms with E-state index in [1.54, 1.807) is 6.92 Å². The van der Waals surface area contributed by atoms with Crippen molar-refractivity contribution in [1.29, 1.82) is 0 Å². The van der Waals surface area contributed by atoms with E-state index in [1.807, 2.05) is 0 Å². The Labute approximate surface area is 236 Å². The first-order valence-electron chi connectivity index (χ1n) is 13.4. The molecule has 2 aromatic carbocycles. The highest BCUT2D eigenvalue weighted by Gasteiger charge is 2.43. The van der Waals surface area contributed by atoms with Gasteiger partial charge in [0.15, 0.2) is 9.84 Å². The molecule has 1 aliphatic heterocycles. The number of sulfone groups is 1. The van der Waals surface area contributed by atoms with E-state index in [2.05, 4.69) is 20.9 Å². The molecule has 1 amide bonds. The van der Waals surface area contributed by atoms with Crippen LogP contribution in [0.25, 0.3) is 0 Å². The average Bonchev–Trinajstić information content (AvgIpc) is 2.92. The zero-order valence-electron chi connectivity index (χ0n) is 22.5. The summed E-state index contributed by atoms with van der Waals surface area (Å²) in [6.07, 6.45) is 2.42. The van der Waals surface area contributed by atoms with Gasteiger partial charge in [0.1, 0.15) is 28.1 Å². The van der Waals surface area contributed by atoms with Gasteiger partial charge in [-0.15, -0.1) is 0 Å². The summed E-state index contributed by atoms with van der Waals surface area (Å²) in [5, 5.41) is 8.86. The van der Waals surface area contributed by atoms with Crippen LogP contribution >= 0.6 is 0 Å². The number of benzene rings is 2. The molecule has 41 heavy (non-hydrogen) atoms. The second-order valence-electron chi connectivity index (χ2n) is 10.1. The second kappa shape index (κ2) is 13.1. The smallest absolute Gasteiger partial charge is 0.225 e. The van der Waals surface area contributed by atoms with E-state index < -0.39 is 49.8 Å². The first kappa shape index (κ1) is 30.6. The fourth-order valence-corrected chi connectivity index (χ4v) is 7.17. The molecule has 4 rings (SSSR count). The molecule has 12 heteroatoms. The molecule has 2 atom stereocenters. The van der Waals surface area contributed by atoms with Gasteiger partial charge in [-0.05, 0) is 54.7 Å². The molecule has 1 aromatic heterocycles. The first-order valence-corrected chi connectivity index (χ1v) is 15.0. The zero-order chi connectivity index (χ0) is 29.6. The molecule has 0 bridgehead atoms. The molecule has 7 nitrogen and oxygen atoms in total. The summed E-state index contributed by atoms with van der Waals surface area (Å²) >= 11 is 0. The topological polar surface area (TPSA) is 100 Å². The quantitative estimate of drug-likeness (QED) is 0.285. The molecule has 0 saturated carbocycles. The lowest BCUT2D eigenvalue weighted by atomic mass is 9.88. The van der Waals surface area contributed by atoms with Crippen LogP contribution in [0.2, 0.25) is 0 Å². The normalized spacial score (nSPS) is 18.2. The predicted octanol–water partition coefficient (Wildman–Crippen LogP) is 4.45. The summed E-state index contributed by atoms with van der Waals surface area (Å²) in [5.41, 5.74) is 0.760. The lowest BCUT2D eigenvalue weighted by Gasteiger charge is -2.38. The maximum absolute atomic E-state index is 15.0. The Morgan fingerprint density at radius 1 is 1.00 bits per heavy atom. The van der Waals surface area contributed by atoms with Crippen LogP contribution in [-0.4, -0.2) is 49.6 Å². The third kappa shape index (κ3) is 7.30. The standard InChI is InChI=1S/C29H32F4N4O3S/c1-2-11-41(39,40)29(18-34-9-10-36-29)8-7-24-26(33)16-35-17-27(24)37-28(38)15-25(19-3-5-21(30)6-4-19)20-12-22(31)14-23(32)13-20/h3-6,12-14,16-17,25,34,36H,2,7-11,15,18H2,1H3,(H,37,38)/t25-,29-/m0/s1. The van der Waals surface area contributed by atoms with E-state index >= 15 is 4.39 Å². The summed E-state index contributed by atoms with van der Waals surface area (Å²) < 4.78 is 83.1. The first-order chi connectivity index (χ1) is 19.5. The summed E-state index contributed by atoms with van der Waals surface area (Å²) in [7, 11) is -3.59. The van der Waals surface area contributed by atoms with Crippen molar-refractivity contribution in [1.82, 2.24) is 15.6 Å². The van der Waals surface area contributed by atoms with Crippen LogP contribution in [-0.2, 0) is 21.1 Å². The van der Waals surface area contributed by atoms with Crippen LogP contribution in [0.3, 0.4) is 0 Å². The van der Waals surface area contributed by atoms with Crippen molar-refractivity contribution in [3.05, 3.63) is 94.8 Å². The van der Waals surface area contributed by atoms with Crippen LogP contribution in [0.4, 0.5) is 23.2 Å². The highest BCUT2D eigenvalue weighted by molar-refractivity contribution is 7.92. The fourth-order valence-electron chi connectivity index (χ4n) is 5.18. The number of pyridine rings is 1. The maximum Gasteiger partial charge on any atom is 0.225 e. The minimum atomic E-state index is -3.59. The van der Waals surface area contributed by atoms with E-state index in [4.69, 9.17) is 0 Å². The molecule has 1 aliphatic rings. The molecular formula is C29H32F4N4O3S. The molecular weight excluding hydrogens is 560 g/mol. The number of piperazine rings is 1. The molecule has 0 spiro atoms. The van der Waals surface area contributed by atoms with Gasteiger partial charge in [-0.3, -0.25) is 15.1 Å². The highest BCUT2D eigenvalue weighted by Crippen LogP contribution is 2.31. The van der Waals surface area contributed by atoms with Gasteiger partial charge < -0.3 is 10.6 Å². The van der Waals surface area contributed by atoms with Crippen molar-refractivity contribution >= 4 is 21.4 Å². The van der Waals surface area contributed by atoms with Crippen molar-refractivity contribution in [2.24, 2.45) is 0 Å². The number of rotatable bonds is 11. The van der Waals surface area contributed by atoms with Gasteiger partial charge in [0.25, 0.3) is 0 Å². The Morgan fingerprint density at radius 2 is 1.71 bits per heavy atom. The van der Waals surface area contributed by atoms with Crippen molar-refractivity contribution in [3.8, 4) is 0 Å². The van der Waals surface area contributed by atoms with Crippen molar-refractivity contribution < 1.29 is 30.8 Å². The number of carbonyl (C=O) groups is 1. The summed E-state index contributed by atoms with van der Waals surface area (Å²) in [4.78, 5) is 15.8. The molecule has 220 valence electrons. The third-order valence-corrected chi connectivity index (χ3v) is 9.86. The molecule has 1 saturated heterocycles. The van der Waals surface area contributed by atoms with Crippen LogP contribution in [0.15, 0.2) is 54.9 Å². The summed E-state index contributed by atoms with van der Waals surface area (Å²) in [6.45, 7) is 2.96. The van der Waals surface area contributed by atoms with Crippen LogP contribution in [0.5, 0.6) is 0 Å². The number of carbonyl (C=O) groups excluding carboxylic acids is 1. The number of hydrogen-bond acceptors (Lipinski definition) is 6. The number of hydrogen-bond donors (Lipinski definition) is 3. The number of nitrogens with one attached hydrogen (secondary N) is 3. The van der Waals surface area contributed by atoms with Gasteiger partial charge in [0.2, 0.25) is 5.91 Å². The molecule has 0 aliphatic carbocycles. The molecule has 1 fully saturated rings. The van der Waals surface area contributed by atoms with Gasteiger partial charge in [-0.1, -0.05) is 19.1 Å². The third-order valence-electron chi connectivity index (χ3n) is 7.23.